The lowest BCUT2D eigenvalue weighted by atomic mass is 10.2. The van der Waals surface area contributed by atoms with Gasteiger partial charge in [-0.25, -0.2) is 13.8 Å². The van der Waals surface area contributed by atoms with Gasteiger partial charge in [0, 0.05) is 7.05 Å². The molecule has 0 amide bonds. The molecule has 1 N–H and O–H groups in total. The Morgan fingerprint density at radius 1 is 1.56 bits per heavy atom. The van der Waals surface area contributed by atoms with E-state index in [1.54, 1.807) is 0 Å². The average molecular weight is 138 g/mol. The third-order valence-electron chi connectivity index (χ3n) is 1.24. The number of alkyl halides is 2. The highest BCUT2D eigenvalue weighted by atomic mass is 19.3. The Morgan fingerprint density at radius 2 is 2.00 bits per heavy atom. The third-order valence-corrected chi connectivity index (χ3v) is 1.24. The van der Waals surface area contributed by atoms with Gasteiger partial charge in [-0.1, -0.05) is 0 Å². The third kappa shape index (κ3) is 1.35. The van der Waals surface area contributed by atoms with Gasteiger partial charge in [0.15, 0.2) is 0 Å². The molecule has 0 aromatic heterocycles. The molecule has 0 aromatic carbocycles. The predicted octanol–water partition coefficient (Wildman–Crippen LogP) is 0.173. The van der Waals surface area contributed by atoms with Gasteiger partial charge < -0.3 is 0 Å². The minimum atomic E-state index is -2.60. The number of hydrogen-bond donors (Lipinski definition) is 1. The lowest BCUT2D eigenvalue weighted by molar-refractivity contribution is -0.310. The zero-order valence-electron chi connectivity index (χ0n) is 5.01. The minimum absolute atomic E-state index is 0.375. The normalized spacial score (nSPS) is 26.3. The lowest BCUT2D eigenvalue weighted by Gasteiger charge is -2.40. The molecule has 0 saturated carbocycles. The van der Waals surface area contributed by atoms with Crippen LogP contribution < -0.4 is 0 Å². The Bertz CT molecular complexity index is 109. The molecule has 5 heteroatoms. The van der Waals surface area contributed by atoms with Gasteiger partial charge >= 0.3 is 0 Å². The first-order valence-corrected chi connectivity index (χ1v) is 2.56. The first kappa shape index (κ1) is 6.85. The van der Waals surface area contributed by atoms with Crippen LogP contribution in [-0.4, -0.2) is 41.4 Å². The topological polar surface area (TPSA) is 26.7 Å². The van der Waals surface area contributed by atoms with Crippen LogP contribution in [0.2, 0.25) is 0 Å². The quantitative estimate of drug-likeness (QED) is 0.523. The summed E-state index contributed by atoms with van der Waals surface area (Å²) in [7, 11) is 1.31. The largest absolute Gasteiger partial charge is 0.299 e. The Kier molecular flexibility index (Phi) is 1.42. The van der Waals surface area contributed by atoms with E-state index in [0.29, 0.717) is 5.17 Å². The minimum Gasteiger partial charge on any atom is -0.299 e. The van der Waals surface area contributed by atoms with Gasteiger partial charge in [-0.2, -0.15) is 0 Å². The van der Waals surface area contributed by atoms with Gasteiger partial charge in [0.25, 0.3) is 5.92 Å². The molecule has 0 radical (unpaired) electrons. The Balaban J connectivity index is 2.27. The van der Waals surface area contributed by atoms with E-state index in [0.717, 1.165) is 5.01 Å². The summed E-state index contributed by atoms with van der Waals surface area (Å²) < 4.78 is 23.9. The van der Waals surface area contributed by atoms with E-state index in [1.807, 2.05) is 0 Å². The fourth-order valence-corrected chi connectivity index (χ4v) is 0.692. The van der Waals surface area contributed by atoms with Gasteiger partial charge in [0.2, 0.25) is 0 Å². The standard InChI is InChI=1S/C4H8F2N2O/c1-7(9)8-2-4(5,6)3-8/h9H,2-3H2,1H3. The predicted molar refractivity (Wildman–Crippen MR) is 26.1 cm³/mol. The number of rotatable bonds is 1. The summed E-state index contributed by atoms with van der Waals surface area (Å²) in [6.45, 7) is -0.750. The van der Waals surface area contributed by atoms with E-state index in [1.165, 1.54) is 7.05 Å². The first-order chi connectivity index (χ1) is 4.01. The molecule has 1 rings (SSSR count). The summed E-state index contributed by atoms with van der Waals surface area (Å²) in [6.07, 6.45) is 0. The fraction of sp³-hybridized carbons (Fsp3) is 1.00. The molecule has 9 heavy (non-hydrogen) atoms. The summed E-state index contributed by atoms with van der Waals surface area (Å²) >= 11 is 0. The van der Waals surface area contributed by atoms with Gasteiger partial charge in [-0.3, -0.25) is 5.21 Å². The number of halogens is 2. The highest BCUT2D eigenvalue weighted by Crippen LogP contribution is 2.26. The molecule has 3 nitrogen and oxygen atoms in total. The molecule has 0 bridgehead atoms. The maximum atomic E-state index is 12.0. The number of nitrogens with zero attached hydrogens (tertiary/aromatic N) is 2. The number of hydrazine groups is 1. The van der Waals surface area contributed by atoms with Gasteiger partial charge in [-0.15, -0.1) is 5.17 Å². The van der Waals surface area contributed by atoms with Crippen LogP contribution in [0.25, 0.3) is 0 Å². The van der Waals surface area contributed by atoms with Crippen molar-refractivity contribution in [3.05, 3.63) is 0 Å². The molecule has 0 aromatic rings. The van der Waals surface area contributed by atoms with E-state index in [9.17, 15) is 8.78 Å². The summed E-state index contributed by atoms with van der Waals surface area (Å²) in [5, 5.41) is 10.3. The molecular formula is C4H8F2N2O. The van der Waals surface area contributed by atoms with Gasteiger partial charge in [-0.05, 0) is 0 Å². The van der Waals surface area contributed by atoms with Gasteiger partial charge in [0.05, 0.1) is 13.1 Å². The number of hydrogen-bond acceptors (Lipinski definition) is 3. The van der Waals surface area contributed by atoms with Crippen molar-refractivity contribution in [2.75, 3.05) is 20.1 Å². The van der Waals surface area contributed by atoms with E-state index in [-0.39, 0.29) is 13.1 Å². The van der Waals surface area contributed by atoms with Crippen LogP contribution in [0.15, 0.2) is 0 Å². The summed E-state index contributed by atoms with van der Waals surface area (Å²) in [4.78, 5) is 0. The maximum absolute atomic E-state index is 12.0. The van der Waals surface area contributed by atoms with E-state index in [4.69, 9.17) is 5.21 Å². The number of hydroxylamine groups is 1. The summed E-state index contributed by atoms with van der Waals surface area (Å²) in [6, 6.07) is 0. The van der Waals surface area contributed by atoms with Crippen molar-refractivity contribution in [2.45, 2.75) is 5.92 Å². The highest BCUT2D eigenvalue weighted by molar-refractivity contribution is 4.83. The Labute approximate surface area is 51.4 Å². The molecule has 1 heterocycles. The molecule has 1 fully saturated rings. The van der Waals surface area contributed by atoms with Crippen LogP contribution >= 0.6 is 0 Å². The molecule has 0 aliphatic carbocycles. The van der Waals surface area contributed by atoms with E-state index >= 15 is 0 Å². The second kappa shape index (κ2) is 1.86. The van der Waals surface area contributed by atoms with Crippen molar-refractivity contribution >= 4 is 0 Å². The second-order valence-electron chi connectivity index (χ2n) is 2.17. The van der Waals surface area contributed by atoms with Crippen LogP contribution in [0.4, 0.5) is 8.78 Å². The van der Waals surface area contributed by atoms with Crippen molar-refractivity contribution in [2.24, 2.45) is 0 Å². The Morgan fingerprint density at radius 3 is 2.11 bits per heavy atom. The highest BCUT2D eigenvalue weighted by Gasteiger charge is 2.45. The van der Waals surface area contributed by atoms with Crippen molar-refractivity contribution in [3.63, 3.8) is 0 Å². The van der Waals surface area contributed by atoms with Crippen molar-refractivity contribution in [1.82, 2.24) is 10.2 Å². The molecular weight excluding hydrogens is 130 g/mol. The Hall–Kier alpha value is -0.260. The second-order valence-corrected chi connectivity index (χ2v) is 2.17. The van der Waals surface area contributed by atoms with Crippen LogP contribution in [0.3, 0.4) is 0 Å². The lowest BCUT2D eigenvalue weighted by Crippen LogP contribution is -2.61. The smallest absolute Gasteiger partial charge is 0.275 e. The molecule has 0 atom stereocenters. The monoisotopic (exact) mass is 138 g/mol. The molecule has 1 aliphatic rings. The maximum Gasteiger partial charge on any atom is 0.275 e. The van der Waals surface area contributed by atoms with Crippen LogP contribution in [0, 0.1) is 0 Å². The van der Waals surface area contributed by atoms with E-state index < -0.39 is 5.92 Å². The SMILES string of the molecule is CN(O)N1CC(F)(F)C1. The van der Waals surface area contributed by atoms with Crippen LogP contribution in [-0.2, 0) is 0 Å². The molecule has 54 valence electrons. The summed E-state index contributed by atoms with van der Waals surface area (Å²) in [5.74, 6) is -2.60. The zero-order chi connectivity index (χ0) is 7.07. The first-order valence-electron chi connectivity index (χ1n) is 2.56. The van der Waals surface area contributed by atoms with Crippen LogP contribution in [0.1, 0.15) is 0 Å². The van der Waals surface area contributed by atoms with Crippen molar-refractivity contribution in [1.29, 1.82) is 0 Å². The van der Waals surface area contributed by atoms with Crippen molar-refractivity contribution < 1.29 is 14.0 Å². The molecule has 1 saturated heterocycles. The van der Waals surface area contributed by atoms with Crippen molar-refractivity contribution in [3.8, 4) is 0 Å². The summed E-state index contributed by atoms with van der Waals surface area (Å²) in [5.41, 5.74) is 0. The molecule has 0 unspecified atom stereocenters. The molecule has 1 aliphatic heterocycles. The molecule has 0 spiro atoms. The zero-order valence-corrected chi connectivity index (χ0v) is 5.01. The van der Waals surface area contributed by atoms with Crippen LogP contribution in [0.5, 0.6) is 0 Å². The fourth-order valence-electron chi connectivity index (χ4n) is 0.692. The van der Waals surface area contributed by atoms with Gasteiger partial charge in [0.1, 0.15) is 0 Å². The van der Waals surface area contributed by atoms with E-state index in [2.05, 4.69) is 0 Å². The average Bonchev–Trinajstić information content (AvgIpc) is 1.59.